The van der Waals surface area contributed by atoms with Crippen LogP contribution in [0.25, 0.3) is 0 Å². The molecule has 0 aromatic carbocycles. The van der Waals surface area contributed by atoms with E-state index < -0.39 is 5.97 Å². The summed E-state index contributed by atoms with van der Waals surface area (Å²) in [5, 5.41) is 9.08. The van der Waals surface area contributed by atoms with Gasteiger partial charge in [0.2, 0.25) is 0 Å². The lowest BCUT2D eigenvalue weighted by Crippen LogP contribution is -2.18. The molecule has 28 valence electrons. The number of hydrogen-bond donors (Lipinski definition) is 0. The molecule has 0 aromatic heterocycles. The van der Waals surface area contributed by atoms with Gasteiger partial charge in [-0.2, -0.15) is 0 Å². The summed E-state index contributed by atoms with van der Waals surface area (Å²) >= 11 is 0. The average Bonchev–Trinajstić information content (AvgIpc) is 1.38. The van der Waals surface area contributed by atoms with E-state index in [0.717, 1.165) is 0 Å². The van der Waals surface area contributed by atoms with Gasteiger partial charge in [0, 0.05) is 0 Å². The topological polar surface area (TPSA) is 40.1 Å². The van der Waals surface area contributed by atoms with Crippen LogP contribution in [0.4, 0.5) is 0 Å². The summed E-state index contributed by atoms with van der Waals surface area (Å²) < 4.78 is 0. The molecule has 0 saturated carbocycles. The minimum absolute atomic E-state index is 0.472. The minimum atomic E-state index is -1.34. The molecule has 0 heterocycles. The van der Waals surface area contributed by atoms with Gasteiger partial charge in [-0.15, -0.1) is 5.97 Å². The van der Waals surface area contributed by atoms with Crippen LogP contribution in [0, 0.1) is 6.58 Å². The number of carbonyl (C=O) groups is 1. The van der Waals surface area contributed by atoms with Crippen molar-refractivity contribution in [2.75, 3.05) is 0 Å². The smallest absolute Gasteiger partial charge is 0.107 e. The third-order valence-electron chi connectivity index (χ3n) is 0.136. The number of carbonyl (C=O) groups excluding carboxylic acids is 1. The molecule has 2 nitrogen and oxygen atoms in total. The van der Waals surface area contributed by atoms with Crippen LogP contribution < -0.4 is 5.11 Å². The molecule has 0 fully saturated rings. The van der Waals surface area contributed by atoms with Crippen molar-refractivity contribution in [1.82, 2.24) is 0 Å². The summed E-state index contributed by atoms with van der Waals surface area (Å²) in [6.07, 6.45) is 0.472. The summed E-state index contributed by atoms with van der Waals surface area (Å²) in [4.78, 5) is 9.08. The van der Waals surface area contributed by atoms with Gasteiger partial charge in [0.25, 0.3) is 0 Å². The molecular formula is C3H2O2-2. The molecule has 0 bridgehead atoms. The maximum absolute atomic E-state index is 9.08. The standard InChI is InChI=1S/C3H3O2/c1-2-3(4)5/h1-2H,(H,4,5)/q-1/p-1. The van der Waals surface area contributed by atoms with E-state index in [0.29, 0.717) is 6.08 Å². The Kier molecular flexibility index (Phi) is 1.28. The fourth-order valence-electron chi connectivity index (χ4n) is 0. The molecule has 0 N–H and O–H groups in total. The molecule has 0 atom stereocenters. The Morgan fingerprint density at radius 1 is 2.00 bits per heavy atom. The van der Waals surface area contributed by atoms with Crippen LogP contribution in [-0.4, -0.2) is 5.97 Å². The quantitative estimate of drug-likeness (QED) is 0.285. The Bertz CT molecular complexity index is 55.9. The first-order chi connectivity index (χ1) is 2.27. The van der Waals surface area contributed by atoms with Crippen molar-refractivity contribution in [1.29, 1.82) is 0 Å². The van der Waals surface area contributed by atoms with Gasteiger partial charge in [0.1, 0.15) is 0 Å². The monoisotopic (exact) mass is 70.0 g/mol. The van der Waals surface area contributed by atoms with E-state index in [1.807, 2.05) is 0 Å². The van der Waals surface area contributed by atoms with E-state index >= 15 is 0 Å². The van der Waals surface area contributed by atoms with Crippen molar-refractivity contribution < 1.29 is 9.90 Å². The number of rotatable bonds is 1. The molecule has 0 saturated heterocycles. The zero-order valence-electron chi connectivity index (χ0n) is 2.47. The van der Waals surface area contributed by atoms with Crippen LogP contribution in [0.3, 0.4) is 0 Å². The first-order valence-electron chi connectivity index (χ1n) is 1.03. The third-order valence-corrected chi connectivity index (χ3v) is 0.136. The van der Waals surface area contributed by atoms with Gasteiger partial charge in [0.15, 0.2) is 0 Å². The van der Waals surface area contributed by atoms with Crippen LogP contribution in [0.2, 0.25) is 0 Å². The second-order valence-electron chi connectivity index (χ2n) is 0.486. The highest BCUT2D eigenvalue weighted by molar-refractivity contribution is 5.76. The molecule has 5 heavy (non-hydrogen) atoms. The summed E-state index contributed by atoms with van der Waals surface area (Å²) in [5.41, 5.74) is 0. The summed E-state index contributed by atoms with van der Waals surface area (Å²) in [6.45, 7) is 4.38. The van der Waals surface area contributed by atoms with Crippen LogP contribution in [0.15, 0.2) is 6.08 Å². The maximum atomic E-state index is 9.08. The molecule has 2 heteroatoms. The maximum Gasteiger partial charge on any atom is -0.107 e. The van der Waals surface area contributed by atoms with E-state index in [-0.39, 0.29) is 0 Å². The Morgan fingerprint density at radius 3 is 2.20 bits per heavy atom. The number of carboxylic acids is 1. The predicted molar refractivity (Wildman–Crippen MR) is 13.9 cm³/mol. The first-order valence-corrected chi connectivity index (χ1v) is 1.03. The zero-order chi connectivity index (χ0) is 4.28. The lowest BCUT2D eigenvalue weighted by atomic mass is 10.7. The van der Waals surface area contributed by atoms with Gasteiger partial charge >= 0.3 is 0 Å². The Hall–Kier alpha value is -0.790. The average molecular weight is 70.0 g/mol. The van der Waals surface area contributed by atoms with Crippen LogP contribution in [0.5, 0.6) is 0 Å². The van der Waals surface area contributed by atoms with E-state index in [9.17, 15) is 0 Å². The van der Waals surface area contributed by atoms with Gasteiger partial charge in [-0.25, -0.2) is 6.08 Å². The molecule has 0 aliphatic carbocycles. The number of aliphatic carboxylic acids is 1. The second-order valence-corrected chi connectivity index (χ2v) is 0.486. The minimum Gasteiger partial charge on any atom is -0.658 e. The van der Waals surface area contributed by atoms with Crippen molar-refractivity contribution in [3.05, 3.63) is 12.7 Å². The largest absolute Gasteiger partial charge is 0.658 e. The molecule has 0 rings (SSSR count). The molecule has 0 aromatic rings. The highest BCUT2D eigenvalue weighted by Gasteiger charge is 1.39. The van der Waals surface area contributed by atoms with Crippen LogP contribution in [0.1, 0.15) is 0 Å². The number of hydrogen-bond acceptors (Lipinski definition) is 2. The lowest BCUT2D eigenvalue weighted by Gasteiger charge is -1.96. The predicted octanol–water partition coefficient (Wildman–Crippen LogP) is -1.27. The van der Waals surface area contributed by atoms with Gasteiger partial charge in [-0.1, -0.05) is 0 Å². The normalized spacial score (nSPS) is 6.40. The highest BCUT2D eigenvalue weighted by atomic mass is 16.4. The fourth-order valence-corrected chi connectivity index (χ4v) is 0. The third kappa shape index (κ3) is 3.21. The van der Waals surface area contributed by atoms with Crippen molar-refractivity contribution >= 4 is 5.97 Å². The zero-order valence-corrected chi connectivity index (χ0v) is 2.47. The summed E-state index contributed by atoms with van der Waals surface area (Å²) in [6, 6.07) is 0. The molecule has 0 radical (unpaired) electrons. The fraction of sp³-hybridized carbons (Fsp3) is 0. The van der Waals surface area contributed by atoms with Gasteiger partial charge in [-0.3, -0.25) is 6.58 Å². The summed E-state index contributed by atoms with van der Waals surface area (Å²) in [5.74, 6) is -1.34. The van der Waals surface area contributed by atoms with Crippen molar-refractivity contribution in [3.63, 3.8) is 0 Å². The lowest BCUT2D eigenvalue weighted by molar-refractivity contribution is -0.297. The van der Waals surface area contributed by atoms with Crippen LogP contribution in [-0.2, 0) is 4.79 Å². The van der Waals surface area contributed by atoms with Gasteiger partial charge in [0.05, 0.1) is 0 Å². The molecule has 0 amide bonds. The van der Waals surface area contributed by atoms with Crippen LogP contribution >= 0.6 is 0 Å². The van der Waals surface area contributed by atoms with E-state index in [1.165, 1.54) is 0 Å². The number of carboxylic acid groups (broad SMARTS) is 1. The Balaban J connectivity index is 3.20. The van der Waals surface area contributed by atoms with E-state index in [1.54, 1.807) is 0 Å². The van der Waals surface area contributed by atoms with Crippen molar-refractivity contribution in [3.8, 4) is 0 Å². The first kappa shape index (κ1) is 4.21. The van der Waals surface area contributed by atoms with E-state index in [2.05, 4.69) is 6.58 Å². The van der Waals surface area contributed by atoms with Crippen molar-refractivity contribution in [2.24, 2.45) is 0 Å². The SMILES string of the molecule is [CH-]=CC(=O)[O-]. The van der Waals surface area contributed by atoms with E-state index in [4.69, 9.17) is 9.90 Å². The molecule has 0 aliphatic heterocycles. The molecule has 0 aliphatic rings. The Labute approximate surface area is 29.7 Å². The highest BCUT2D eigenvalue weighted by Crippen LogP contribution is 1.46. The Morgan fingerprint density at radius 2 is 2.20 bits per heavy atom. The van der Waals surface area contributed by atoms with Crippen molar-refractivity contribution in [2.45, 2.75) is 0 Å². The second kappa shape index (κ2) is 1.52. The molecule has 0 unspecified atom stereocenters. The van der Waals surface area contributed by atoms with Gasteiger partial charge in [-0.05, 0) is 0 Å². The summed E-state index contributed by atoms with van der Waals surface area (Å²) in [7, 11) is 0. The molecule has 0 spiro atoms. The molecular weight excluding hydrogens is 68.0 g/mol. The van der Waals surface area contributed by atoms with Gasteiger partial charge < -0.3 is 9.90 Å².